The molecule has 124 valence electrons. The summed E-state index contributed by atoms with van der Waals surface area (Å²) >= 11 is 0. The van der Waals surface area contributed by atoms with Crippen molar-refractivity contribution in [1.29, 1.82) is 0 Å². The Labute approximate surface area is 137 Å². The number of allylic oxidation sites excluding steroid dienone is 4. The number of fused-ring (bicyclic) bond motifs is 1. The number of phenols is 1. The third-order valence-electron chi connectivity index (χ3n) is 4.11. The molecule has 1 aromatic carbocycles. The molecule has 4 nitrogen and oxygen atoms in total. The van der Waals surface area contributed by atoms with Crippen LogP contribution in [-0.2, 0) is 13.0 Å². The number of methoxy groups -OCH3 is 1. The van der Waals surface area contributed by atoms with Gasteiger partial charge in [-0.05, 0) is 46.1 Å². The lowest BCUT2D eigenvalue weighted by molar-refractivity contribution is 0.0965. The van der Waals surface area contributed by atoms with Crippen molar-refractivity contribution in [2.24, 2.45) is 0 Å². The summed E-state index contributed by atoms with van der Waals surface area (Å²) in [6.07, 6.45) is 6.96. The van der Waals surface area contributed by atoms with Gasteiger partial charge in [0.1, 0.15) is 11.5 Å². The quantitative estimate of drug-likeness (QED) is 0.783. The average molecular weight is 315 g/mol. The van der Waals surface area contributed by atoms with E-state index in [0.717, 1.165) is 18.4 Å². The number of hydrogen-bond donors (Lipinski definition) is 2. The summed E-state index contributed by atoms with van der Waals surface area (Å²) in [6.45, 7) is 6.67. The van der Waals surface area contributed by atoms with Crippen molar-refractivity contribution in [2.75, 3.05) is 7.11 Å². The minimum atomic E-state index is -0.159. The van der Waals surface area contributed by atoms with Gasteiger partial charge in [0.2, 0.25) is 0 Å². The standard InChI is InChI=1S/C19H25NO3/c1-12(2)6-5-7-13(3)8-9-14-17(23-4)10-15-16(18(14)21)11-20-19(15)22/h6,8,10,21H,5,7,9,11H2,1-4H3,(H,20,22)/b13-8+. The number of rotatable bonds is 6. The Balaban J connectivity index is 2.20. The molecule has 2 N–H and O–H groups in total. The lowest BCUT2D eigenvalue weighted by Gasteiger charge is -2.12. The Bertz CT molecular complexity index is 668. The highest BCUT2D eigenvalue weighted by Gasteiger charge is 2.26. The number of benzene rings is 1. The van der Waals surface area contributed by atoms with Gasteiger partial charge >= 0.3 is 0 Å². The molecule has 23 heavy (non-hydrogen) atoms. The molecule has 0 bridgehead atoms. The SMILES string of the molecule is COc1cc2c(c(O)c1C/C=C(\C)CCC=C(C)C)CNC2=O. The Morgan fingerprint density at radius 2 is 2.09 bits per heavy atom. The fourth-order valence-electron chi connectivity index (χ4n) is 2.72. The predicted octanol–water partition coefficient (Wildman–Crippen LogP) is 3.88. The monoisotopic (exact) mass is 315 g/mol. The number of hydrogen-bond acceptors (Lipinski definition) is 3. The van der Waals surface area contributed by atoms with Crippen molar-refractivity contribution < 1.29 is 14.6 Å². The maximum atomic E-state index is 11.7. The summed E-state index contributed by atoms with van der Waals surface area (Å²) in [5, 5.41) is 13.2. The van der Waals surface area contributed by atoms with Gasteiger partial charge in [-0.3, -0.25) is 4.79 Å². The maximum Gasteiger partial charge on any atom is 0.252 e. The number of phenolic OH excluding ortho intramolecular Hbond substituents is 1. The summed E-state index contributed by atoms with van der Waals surface area (Å²) in [6, 6.07) is 1.72. The van der Waals surface area contributed by atoms with E-state index in [9.17, 15) is 9.90 Å². The van der Waals surface area contributed by atoms with E-state index in [4.69, 9.17) is 4.74 Å². The number of carbonyl (C=O) groups excluding carboxylic acids is 1. The number of nitrogens with one attached hydrogen (secondary N) is 1. The third kappa shape index (κ3) is 3.95. The average Bonchev–Trinajstić information content (AvgIpc) is 2.87. The van der Waals surface area contributed by atoms with Crippen LogP contribution in [0.4, 0.5) is 0 Å². The second-order valence-corrected chi connectivity index (χ2v) is 6.19. The van der Waals surface area contributed by atoms with Crippen LogP contribution in [0.2, 0.25) is 0 Å². The molecule has 0 aromatic heterocycles. The summed E-state index contributed by atoms with van der Waals surface area (Å²) in [5.74, 6) is 0.575. The number of amides is 1. The summed E-state index contributed by atoms with van der Waals surface area (Å²) < 4.78 is 5.37. The highest BCUT2D eigenvalue weighted by atomic mass is 16.5. The van der Waals surface area contributed by atoms with Crippen molar-refractivity contribution in [1.82, 2.24) is 5.32 Å². The highest BCUT2D eigenvalue weighted by Crippen LogP contribution is 2.37. The van der Waals surface area contributed by atoms with Crippen LogP contribution in [-0.4, -0.2) is 18.1 Å². The van der Waals surface area contributed by atoms with Crippen LogP contribution in [0.3, 0.4) is 0 Å². The smallest absolute Gasteiger partial charge is 0.252 e. The molecule has 2 rings (SSSR count). The first-order valence-corrected chi connectivity index (χ1v) is 7.93. The molecule has 1 amide bonds. The predicted molar refractivity (Wildman–Crippen MR) is 92.0 cm³/mol. The Morgan fingerprint density at radius 1 is 1.35 bits per heavy atom. The Kier molecular flexibility index (Phi) is 5.48. The number of aromatic hydroxyl groups is 1. The molecule has 0 radical (unpaired) electrons. The molecule has 0 atom stereocenters. The molecule has 0 saturated heterocycles. The second-order valence-electron chi connectivity index (χ2n) is 6.19. The van der Waals surface area contributed by atoms with E-state index < -0.39 is 0 Å². The van der Waals surface area contributed by atoms with Crippen LogP contribution in [0.5, 0.6) is 11.5 Å². The van der Waals surface area contributed by atoms with Crippen LogP contribution in [0.15, 0.2) is 29.4 Å². The minimum Gasteiger partial charge on any atom is -0.507 e. The van der Waals surface area contributed by atoms with Gasteiger partial charge < -0.3 is 15.2 Å². The zero-order valence-corrected chi connectivity index (χ0v) is 14.3. The first kappa shape index (κ1) is 17.1. The Hall–Kier alpha value is -2.23. The van der Waals surface area contributed by atoms with E-state index in [0.29, 0.717) is 29.8 Å². The molecule has 0 unspecified atom stereocenters. The molecule has 1 aliphatic heterocycles. The topological polar surface area (TPSA) is 58.6 Å². The van der Waals surface area contributed by atoms with Gasteiger partial charge in [-0.2, -0.15) is 0 Å². The van der Waals surface area contributed by atoms with Gasteiger partial charge in [0.15, 0.2) is 0 Å². The first-order chi connectivity index (χ1) is 10.9. The van der Waals surface area contributed by atoms with Crippen LogP contribution < -0.4 is 10.1 Å². The van der Waals surface area contributed by atoms with Crippen molar-refractivity contribution in [2.45, 2.75) is 46.6 Å². The van der Waals surface area contributed by atoms with Crippen molar-refractivity contribution in [3.8, 4) is 11.5 Å². The molecule has 0 fully saturated rings. The van der Waals surface area contributed by atoms with E-state index in [-0.39, 0.29) is 11.7 Å². The van der Waals surface area contributed by atoms with E-state index >= 15 is 0 Å². The molecule has 0 spiro atoms. The number of ether oxygens (including phenoxy) is 1. The zero-order chi connectivity index (χ0) is 17.0. The summed E-state index contributed by atoms with van der Waals surface area (Å²) in [4.78, 5) is 11.7. The number of carbonyl (C=O) groups is 1. The summed E-state index contributed by atoms with van der Waals surface area (Å²) in [7, 11) is 1.56. The van der Waals surface area contributed by atoms with Gasteiger partial charge in [0.25, 0.3) is 5.91 Å². The van der Waals surface area contributed by atoms with Gasteiger partial charge in [-0.15, -0.1) is 0 Å². The fraction of sp³-hybridized carbons (Fsp3) is 0.421. The first-order valence-electron chi connectivity index (χ1n) is 7.93. The molecule has 1 heterocycles. The van der Waals surface area contributed by atoms with Gasteiger partial charge in [0, 0.05) is 17.7 Å². The third-order valence-corrected chi connectivity index (χ3v) is 4.11. The highest BCUT2D eigenvalue weighted by molar-refractivity contribution is 5.99. The second kappa shape index (κ2) is 7.36. The molecular weight excluding hydrogens is 290 g/mol. The molecule has 1 aliphatic rings. The molecular formula is C19H25NO3. The fourth-order valence-corrected chi connectivity index (χ4v) is 2.72. The van der Waals surface area contributed by atoms with E-state index in [1.165, 1.54) is 11.1 Å². The maximum absolute atomic E-state index is 11.7. The van der Waals surface area contributed by atoms with Crippen LogP contribution >= 0.6 is 0 Å². The van der Waals surface area contributed by atoms with Crippen molar-refractivity contribution in [3.05, 3.63) is 46.1 Å². The van der Waals surface area contributed by atoms with Gasteiger partial charge in [-0.25, -0.2) is 0 Å². The largest absolute Gasteiger partial charge is 0.507 e. The van der Waals surface area contributed by atoms with E-state index in [1.54, 1.807) is 13.2 Å². The van der Waals surface area contributed by atoms with Crippen LogP contribution in [0.1, 0.15) is 55.1 Å². The van der Waals surface area contributed by atoms with Crippen molar-refractivity contribution >= 4 is 5.91 Å². The van der Waals surface area contributed by atoms with E-state index in [1.807, 2.05) is 0 Å². The summed E-state index contributed by atoms with van der Waals surface area (Å²) in [5.41, 5.74) is 4.52. The molecule has 0 saturated carbocycles. The van der Waals surface area contributed by atoms with Crippen LogP contribution in [0, 0.1) is 0 Å². The minimum absolute atomic E-state index is 0.159. The Morgan fingerprint density at radius 3 is 2.74 bits per heavy atom. The molecule has 1 aromatic rings. The molecule has 0 aliphatic carbocycles. The normalized spacial score (nSPS) is 13.6. The van der Waals surface area contributed by atoms with Gasteiger partial charge in [0.05, 0.1) is 12.7 Å². The lowest BCUT2D eigenvalue weighted by Crippen LogP contribution is -2.12. The van der Waals surface area contributed by atoms with Crippen LogP contribution in [0.25, 0.3) is 0 Å². The van der Waals surface area contributed by atoms with Crippen molar-refractivity contribution in [3.63, 3.8) is 0 Å². The zero-order valence-electron chi connectivity index (χ0n) is 14.3. The van der Waals surface area contributed by atoms with Gasteiger partial charge in [-0.1, -0.05) is 23.3 Å². The van der Waals surface area contributed by atoms with E-state index in [2.05, 4.69) is 38.2 Å². The lowest BCUT2D eigenvalue weighted by atomic mass is 9.99. The molecule has 4 heteroatoms.